The molecule has 0 bridgehead atoms. The molecule has 96 valence electrons. The molecule has 0 saturated carbocycles. The van der Waals surface area contributed by atoms with Crippen LogP contribution in [0.3, 0.4) is 0 Å². The number of anilines is 1. The Bertz CT molecular complexity index is 332. The van der Waals surface area contributed by atoms with Crippen LogP contribution in [0, 0.1) is 0 Å². The van der Waals surface area contributed by atoms with Crippen molar-refractivity contribution < 1.29 is 9.15 Å². The molecule has 1 fully saturated rings. The van der Waals surface area contributed by atoms with Gasteiger partial charge in [0.05, 0.1) is 11.8 Å². The van der Waals surface area contributed by atoms with Crippen molar-refractivity contribution in [2.24, 2.45) is 0 Å². The van der Waals surface area contributed by atoms with Crippen molar-refractivity contribution >= 4 is 6.01 Å². The van der Waals surface area contributed by atoms with E-state index in [0.717, 1.165) is 50.7 Å². The first-order valence-corrected chi connectivity index (χ1v) is 6.26. The number of oxazole rings is 1. The Hall–Kier alpha value is -1.07. The van der Waals surface area contributed by atoms with Gasteiger partial charge in [-0.15, -0.1) is 0 Å². The minimum absolute atomic E-state index is 0.391. The van der Waals surface area contributed by atoms with E-state index in [-0.39, 0.29) is 0 Å². The number of rotatable bonds is 5. The molecule has 0 radical (unpaired) electrons. The van der Waals surface area contributed by atoms with Crippen LogP contribution in [0.25, 0.3) is 0 Å². The smallest absolute Gasteiger partial charge is 0.297 e. The molecule has 5 nitrogen and oxygen atoms in total. The number of methoxy groups -OCH3 is 1. The molecule has 2 heterocycles. The molecule has 1 aromatic heterocycles. The standard InChI is InChI=1S/C12H21N3O2/c1-3-13-8-10-9-17-12(14-10)15-6-4-11(16-2)5-7-15/h9,11,13H,3-8H2,1-2H3. The molecule has 1 aliphatic rings. The minimum atomic E-state index is 0.391. The third kappa shape index (κ3) is 3.20. The molecule has 2 rings (SSSR count). The zero-order valence-corrected chi connectivity index (χ0v) is 10.6. The molecule has 1 N–H and O–H groups in total. The second kappa shape index (κ2) is 6.02. The maximum Gasteiger partial charge on any atom is 0.297 e. The molecular formula is C12H21N3O2. The molecule has 1 saturated heterocycles. The van der Waals surface area contributed by atoms with E-state index in [0.29, 0.717) is 6.10 Å². The van der Waals surface area contributed by atoms with Crippen molar-refractivity contribution in [1.82, 2.24) is 10.3 Å². The molecule has 0 aliphatic carbocycles. The second-order valence-corrected chi connectivity index (χ2v) is 4.32. The van der Waals surface area contributed by atoms with Gasteiger partial charge in [0, 0.05) is 26.7 Å². The molecule has 0 aromatic carbocycles. The number of piperidine rings is 1. The summed E-state index contributed by atoms with van der Waals surface area (Å²) >= 11 is 0. The van der Waals surface area contributed by atoms with E-state index in [9.17, 15) is 0 Å². The van der Waals surface area contributed by atoms with Gasteiger partial charge in [-0.3, -0.25) is 0 Å². The van der Waals surface area contributed by atoms with Crippen LogP contribution in [0.4, 0.5) is 6.01 Å². The lowest BCUT2D eigenvalue weighted by atomic mass is 10.1. The number of hydrogen-bond acceptors (Lipinski definition) is 5. The lowest BCUT2D eigenvalue weighted by Crippen LogP contribution is -2.36. The van der Waals surface area contributed by atoms with Crippen molar-refractivity contribution in [3.8, 4) is 0 Å². The van der Waals surface area contributed by atoms with Crippen LogP contribution in [0.1, 0.15) is 25.5 Å². The van der Waals surface area contributed by atoms with Crippen molar-refractivity contribution in [3.63, 3.8) is 0 Å². The summed E-state index contributed by atoms with van der Waals surface area (Å²) in [6, 6.07) is 0.743. The van der Waals surface area contributed by atoms with Crippen LogP contribution in [0.15, 0.2) is 10.7 Å². The monoisotopic (exact) mass is 239 g/mol. The van der Waals surface area contributed by atoms with Crippen LogP contribution in [0.5, 0.6) is 0 Å². The summed E-state index contributed by atoms with van der Waals surface area (Å²) in [4.78, 5) is 6.66. The molecule has 0 amide bonds. The first-order valence-electron chi connectivity index (χ1n) is 6.26. The van der Waals surface area contributed by atoms with Gasteiger partial charge in [0.15, 0.2) is 0 Å². The van der Waals surface area contributed by atoms with Crippen LogP contribution in [0.2, 0.25) is 0 Å². The number of hydrogen-bond donors (Lipinski definition) is 1. The predicted molar refractivity (Wildman–Crippen MR) is 66.1 cm³/mol. The van der Waals surface area contributed by atoms with Crippen LogP contribution in [-0.2, 0) is 11.3 Å². The van der Waals surface area contributed by atoms with Gasteiger partial charge < -0.3 is 19.4 Å². The van der Waals surface area contributed by atoms with E-state index < -0.39 is 0 Å². The van der Waals surface area contributed by atoms with E-state index in [1.165, 1.54) is 0 Å². The summed E-state index contributed by atoms with van der Waals surface area (Å²) in [5.41, 5.74) is 0.968. The van der Waals surface area contributed by atoms with E-state index in [1.54, 1.807) is 13.4 Å². The third-order valence-corrected chi connectivity index (χ3v) is 3.14. The summed E-state index contributed by atoms with van der Waals surface area (Å²) in [5.74, 6) is 0. The quantitative estimate of drug-likeness (QED) is 0.841. The average Bonchev–Trinajstić information content (AvgIpc) is 2.85. The minimum Gasteiger partial charge on any atom is -0.432 e. The van der Waals surface area contributed by atoms with Crippen molar-refractivity contribution in [3.05, 3.63) is 12.0 Å². The molecule has 17 heavy (non-hydrogen) atoms. The summed E-state index contributed by atoms with van der Waals surface area (Å²) in [5, 5.41) is 3.24. The lowest BCUT2D eigenvalue weighted by molar-refractivity contribution is 0.0811. The van der Waals surface area contributed by atoms with Gasteiger partial charge in [0.1, 0.15) is 6.26 Å². The maximum absolute atomic E-state index is 5.50. The lowest BCUT2D eigenvalue weighted by Gasteiger charge is -2.29. The summed E-state index contributed by atoms with van der Waals surface area (Å²) in [7, 11) is 1.78. The topological polar surface area (TPSA) is 50.5 Å². The van der Waals surface area contributed by atoms with E-state index >= 15 is 0 Å². The maximum atomic E-state index is 5.50. The van der Waals surface area contributed by atoms with E-state index in [1.807, 2.05) is 0 Å². The van der Waals surface area contributed by atoms with Gasteiger partial charge in [-0.2, -0.15) is 4.98 Å². The van der Waals surface area contributed by atoms with Crippen LogP contribution >= 0.6 is 0 Å². The average molecular weight is 239 g/mol. The highest BCUT2D eigenvalue weighted by Crippen LogP contribution is 2.20. The van der Waals surface area contributed by atoms with E-state index in [4.69, 9.17) is 9.15 Å². The SMILES string of the molecule is CCNCc1coc(N2CCC(OC)CC2)n1. The normalized spacial score (nSPS) is 17.6. The summed E-state index contributed by atoms with van der Waals surface area (Å²) in [6.07, 6.45) is 4.21. The highest BCUT2D eigenvalue weighted by molar-refractivity contribution is 5.27. The van der Waals surface area contributed by atoms with Gasteiger partial charge >= 0.3 is 0 Å². The Morgan fingerprint density at radius 2 is 2.29 bits per heavy atom. The number of nitrogens with zero attached hydrogens (tertiary/aromatic N) is 2. The summed E-state index contributed by atoms with van der Waals surface area (Å²) in [6.45, 7) is 5.71. The molecule has 5 heteroatoms. The molecule has 0 spiro atoms. The second-order valence-electron chi connectivity index (χ2n) is 4.32. The molecule has 0 atom stereocenters. The number of nitrogens with one attached hydrogen (secondary N) is 1. The predicted octanol–water partition coefficient (Wildman–Crippen LogP) is 1.40. The zero-order chi connectivity index (χ0) is 12.1. The molecule has 1 aromatic rings. The van der Waals surface area contributed by atoms with Crippen molar-refractivity contribution in [1.29, 1.82) is 0 Å². The highest BCUT2D eigenvalue weighted by Gasteiger charge is 2.21. The van der Waals surface area contributed by atoms with Gasteiger partial charge in [-0.1, -0.05) is 6.92 Å². The third-order valence-electron chi connectivity index (χ3n) is 3.14. The Balaban J connectivity index is 1.87. The first-order chi connectivity index (χ1) is 8.33. The Labute approximate surface area is 102 Å². The van der Waals surface area contributed by atoms with Gasteiger partial charge in [0.2, 0.25) is 0 Å². The van der Waals surface area contributed by atoms with Gasteiger partial charge in [-0.05, 0) is 19.4 Å². The molecular weight excluding hydrogens is 218 g/mol. The molecule has 0 unspecified atom stereocenters. The largest absolute Gasteiger partial charge is 0.432 e. The Morgan fingerprint density at radius 1 is 1.53 bits per heavy atom. The summed E-state index contributed by atoms with van der Waals surface area (Å²) < 4.78 is 10.9. The Kier molecular flexibility index (Phi) is 4.39. The Morgan fingerprint density at radius 3 is 2.94 bits per heavy atom. The fourth-order valence-electron chi connectivity index (χ4n) is 2.06. The van der Waals surface area contributed by atoms with Gasteiger partial charge in [0.25, 0.3) is 6.01 Å². The van der Waals surface area contributed by atoms with Crippen LogP contribution in [-0.4, -0.2) is 37.8 Å². The van der Waals surface area contributed by atoms with E-state index in [2.05, 4.69) is 22.1 Å². The first kappa shape index (κ1) is 12.4. The number of aromatic nitrogens is 1. The fraction of sp³-hybridized carbons (Fsp3) is 0.750. The number of ether oxygens (including phenoxy) is 1. The van der Waals surface area contributed by atoms with Crippen molar-refractivity contribution in [2.75, 3.05) is 31.6 Å². The van der Waals surface area contributed by atoms with Gasteiger partial charge in [-0.25, -0.2) is 0 Å². The molecule has 1 aliphatic heterocycles. The fourth-order valence-corrected chi connectivity index (χ4v) is 2.06. The van der Waals surface area contributed by atoms with Crippen LogP contribution < -0.4 is 10.2 Å². The highest BCUT2D eigenvalue weighted by atomic mass is 16.5. The zero-order valence-electron chi connectivity index (χ0n) is 10.6. The van der Waals surface area contributed by atoms with Crippen molar-refractivity contribution in [2.45, 2.75) is 32.4 Å².